The van der Waals surface area contributed by atoms with E-state index in [4.69, 9.17) is 0 Å². The van der Waals surface area contributed by atoms with E-state index in [9.17, 15) is 4.79 Å². The zero-order valence-electron chi connectivity index (χ0n) is 9.94. The minimum Gasteiger partial charge on any atom is -0.300 e. The molecule has 0 bridgehead atoms. The van der Waals surface area contributed by atoms with E-state index in [2.05, 4.69) is 13.8 Å². The second-order valence-electron chi connectivity index (χ2n) is 5.36. The number of Topliss-reactive ketones (excluding diaryl/α,β-unsaturated/α-hetero) is 1. The number of ketones is 1. The van der Waals surface area contributed by atoms with Crippen molar-refractivity contribution >= 4 is 5.78 Å². The zero-order valence-corrected chi connectivity index (χ0v) is 9.94. The van der Waals surface area contributed by atoms with Gasteiger partial charge in [0.05, 0.1) is 0 Å². The predicted octanol–water partition coefficient (Wildman–Crippen LogP) is 3.96. The van der Waals surface area contributed by atoms with E-state index in [-0.39, 0.29) is 0 Å². The van der Waals surface area contributed by atoms with Gasteiger partial charge in [-0.1, -0.05) is 33.6 Å². The van der Waals surface area contributed by atoms with Crippen LogP contribution in [0.4, 0.5) is 0 Å². The third-order valence-corrected chi connectivity index (χ3v) is 3.89. The van der Waals surface area contributed by atoms with Crippen molar-refractivity contribution in [3.63, 3.8) is 0 Å². The summed E-state index contributed by atoms with van der Waals surface area (Å²) in [4.78, 5) is 11.3. The van der Waals surface area contributed by atoms with Gasteiger partial charge in [0.15, 0.2) is 0 Å². The van der Waals surface area contributed by atoms with E-state index in [1.54, 1.807) is 0 Å². The Bertz CT molecular complexity index is 193. The third kappa shape index (κ3) is 3.11. The van der Waals surface area contributed by atoms with Gasteiger partial charge in [-0.05, 0) is 30.6 Å². The highest BCUT2D eigenvalue weighted by atomic mass is 16.1. The van der Waals surface area contributed by atoms with Gasteiger partial charge in [0.25, 0.3) is 0 Å². The van der Waals surface area contributed by atoms with E-state index in [1.165, 1.54) is 25.7 Å². The van der Waals surface area contributed by atoms with Crippen LogP contribution in [0.25, 0.3) is 0 Å². The largest absolute Gasteiger partial charge is 0.300 e. The van der Waals surface area contributed by atoms with E-state index >= 15 is 0 Å². The number of carbonyl (C=O) groups is 1. The van der Waals surface area contributed by atoms with Crippen LogP contribution in [-0.2, 0) is 4.79 Å². The van der Waals surface area contributed by atoms with Crippen LogP contribution >= 0.6 is 0 Å². The van der Waals surface area contributed by atoms with Gasteiger partial charge in [0.1, 0.15) is 5.78 Å². The summed E-state index contributed by atoms with van der Waals surface area (Å²) in [5.74, 6) is 1.22. The molecule has 1 atom stereocenters. The summed E-state index contributed by atoms with van der Waals surface area (Å²) in [6, 6.07) is 0. The van der Waals surface area contributed by atoms with Crippen LogP contribution in [0.1, 0.15) is 65.7 Å². The summed E-state index contributed by atoms with van der Waals surface area (Å²) in [5, 5.41) is 0. The first-order valence-corrected chi connectivity index (χ1v) is 6.08. The minimum atomic E-state index is 0.436. The minimum absolute atomic E-state index is 0.436. The van der Waals surface area contributed by atoms with Crippen LogP contribution in [0.15, 0.2) is 0 Å². The summed E-state index contributed by atoms with van der Waals surface area (Å²) in [6.07, 6.45) is 8.08. The molecule has 82 valence electrons. The van der Waals surface area contributed by atoms with Gasteiger partial charge >= 0.3 is 0 Å². The molecule has 1 rings (SSSR count). The molecule has 0 radical (unpaired) electrons. The maximum Gasteiger partial charge on any atom is 0.132 e. The van der Waals surface area contributed by atoms with Crippen LogP contribution in [0, 0.1) is 11.3 Å². The number of hydrogen-bond donors (Lipinski definition) is 0. The predicted molar refractivity (Wildman–Crippen MR) is 60.3 cm³/mol. The fraction of sp³-hybridized carbons (Fsp3) is 0.923. The van der Waals surface area contributed by atoms with Crippen LogP contribution < -0.4 is 0 Å². The highest BCUT2D eigenvalue weighted by molar-refractivity contribution is 5.77. The Balaban J connectivity index is 2.38. The number of rotatable bonds is 4. The molecule has 0 heterocycles. The number of carbonyl (C=O) groups excluding carboxylic acids is 1. The van der Waals surface area contributed by atoms with E-state index in [1.807, 2.05) is 6.92 Å². The summed E-state index contributed by atoms with van der Waals surface area (Å²) < 4.78 is 0. The van der Waals surface area contributed by atoms with E-state index < -0.39 is 0 Å². The van der Waals surface area contributed by atoms with Crippen molar-refractivity contribution < 1.29 is 4.79 Å². The fourth-order valence-electron chi connectivity index (χ4n) is 2.61. The van der Waals surface area contributed by atoms with E-state index in [0.29, 0.717) is 17.6 Å². The van der Waals surface area contributed by atoms with E-state index in [0.717, 1.165) is 18.8 Å². The molecule has 1 fully saturated rings. The van der Waals surface area contributed by atoms with Crippen LogP contribution in [0.5, 0.6) is 0 Å². The molecule has 0 aromatic carbocycles. The Labute approximate surface area is 88.3 Å². The maximum absolute atomic E-state index is 11.3. The SMILES string of the molecule is CCC(=O)CCC1CCCCC1(C)C. The average Bonchev–Trinajstić information content (AvgIpc) is 2.15. The smallest absolute Gasteiger partial charge is 0.132 e. The average molecular weight is 196 g/mol. The van der Waals surface area contributed by atoms with Crippen molar-refractivity contribution in [3.05, 3.63) is 0 Å². The molecule has 1 unspecified atom stereocenters. The standard InChI is InChI=1S/C13H24O/c1-4-12(14)9-8-11-7-5-6-10-13(11,2)3/h11H,4-10H2,1-3H3. The van der Waals surface area contributed by atoms with Crippen LogP contribution in [0.2, 0.25) is 0 Å². The van der Waals surface area contributed by atoms with Gasteiger partial charge in [-0.3, -0.25) is 4.79 Å². The van der Waals surface area contributed by atoms with Gasteiger partial charge in [-0.2, -0.15) is 0 Å². The Kier molecular flexibility index (Phi) is 4.15. The first-order valence-electron chi connectivity index (χ1n) is 6.08. The van der Waals surface area contributed by atoms with Gasteiger partial charge in [-0.15, -0.1) is 0 Å². The van der Waals surface area contributed by atoms with Crippen LogP contribution in [-0.4, -0.2) is 5.78 Å². The molecule has 1 nitrogen and oxygen atoms in total. The molecule has 0 spiro atoms. The molecule has 0 aliphatic heterocycles. The quantitative estimate of drug-likeness (QED) is 0.665. The van der Waals surface area contributed by atoms with Crippen molar-refractivity contribution in [3.8, 4) is 0 Å². The lowest BCUT2D eigenvalue weighted by Crippen LogP contribution is -2.28. The molecule has 0 N–H and O–H groups in total. The second-order valence-corrected chi connectivity index (χ2v) is 5.36. The second kappa shape index (κ2) is 4.95. The molecule has 0 aromatic heterocycles. The lowest BCUT2D eigenvalue weighted by Gasteiger charge is -2.38. The molecule has 0 aromatic rings. The molecule has 1 heteroatoms. The first-order chi connectivity index (χ1) is 6.56. The molecule has 1 aliphatic carbocycles. The topological polar surface area (TPSA) is 17.1 Å². The molecule has 1 aliphatic rings. The highest BCUT2D eigenvalue weighted by Gasteiger charge is 2.31. The van der Waals surface area contributed by atoms with Crippen LogP contribution in [0.3, 0.4) is 0 Å². The summed E-state index contributed by atoms with van der Waals surface area (Å²) in [6.45, 7) is 6.70. The van der Waals surface area contributed by atoms with Crippen molar-refractivity contribution in [2.24, 2.45) is 11.3 Å². The molecule has 0 amide bonds. The summed E-state index contributed by atoms with van der Waals surface area (Å²) >= 11 is 0. The molecular weight excluding hydrogens is 172 g/mol. The van der Waals surface area contributed by atoms with Crippen molar-refractivity contribution in [2.75, 3.05) is 0 Å². The monoisotopic (exact) mass is 196 g/mol. The lowest BCUT2D eigenvalue weighted by atomic mass is 9.67. The molecule has 0 saturated heterocycles. The number of hydrogen-bond acceptors (Lipinski definition) is 1. The summed E-state index contributed by atoms with van der Waals surface area (Å²) in [7, 11) is 0. The Hall–Kier alpha value is -0.330. The van der Waals surface area contributed by atoms with Gasteiger partial charge in [0.2, 0.25) is 0 Å². The van der Waals surface area contributed by atoms with Gasteiger partial charge < -0.3 is 0 Å². The first kappa shape index (κ1) is 11.7. The zero-order chi connectivity index (χ0) is 10.6. The fourth-order valence-corrected chi connectivity index (χ4v) is 2.61. The molecule has 1 saturated carbocycles. The highest BCUT2D eigenvalue weighted by Crippen LogP contribution is 2.42. The van der Waals surface area contributed by atoms with Crippen molar-refractivity contribution in [1.82, 2.24) is 0 Å². The normalized spacial score (nSPS) is 26.1. The Morgan fingerprint density at radius 3 is 2.64 bits per heavy atom. The maximum atomic E-state index is 11.3. The third-order valence-electron chi connectivity index (χ3n) is 3.89. The Morgan fingerprint density at radius 2 is 2.07 bits per heavy atom. The van der Waals surface area contributed by atoms with Crippen molar-refractivity contribution in [1.29, 1.82) is 0 Å². The van der Waals surface area contributed by atoms with Crippen molar-refractivity contribution in [2.45, 2.75) is 65.7 Å². The van der Waals surface area contributed by atoms with Gasteiger partial charge in [-0.25, -0.2) is 0 Å². The summed E-state index contributed by atoms with van der Waals surface area (Å²) in [5.41, 5.74) is 0.478. The Morgan fingerprint density at radius 1 is 1.36 bits per heavy atom. The lowest BCUT2D eigenvalue weighted by molar-refractivity contribution is -0.119. The molecule has 14 heavy (non-hydrogen) atoms. The van der Waals surface area contributed by atoms with Gasteiger partial charge in [0, 0.05) is 12.8 Å². The molecular formula is C13H24O.